The van der Waals surface area contributed by atoms with Gasteiger partial charge in [0.25, 0.3) is 0 Å². The number of β-amino-alcohol motifs (C(OH)–C–C–N with tert-alkyl or cyclic N) is 1. The van der Waals surface area contributed by atoms with E-state index in [2.05, 4.69) is 5.32 Å². The van der Waals surface area contributed by atoms with Crippen LogP contribution in [-0.4, -0.2) is 17.4 Å². The molecule has 1 unspecified atom stereocenters. The van der Waals surface area contributed by atoms with Gasteiger partial charge in [0.1, 0.15) is 5.72 Å². The molecule has 1 saturated heterocycles. The Balaban J connectivity index is 0.000000250. The summed E-state index contributed by atoms with van der Waals surface area (Å²) in [5.41, 5.74) is -0.500. The topological polar surface area (TPSA) is 42.2 Å². The van der Waals surface area contributed by atoms with Crippen LogP contribution in [0.3, 0.4) is 0 Å². The summed E-state index contributed by atoms with van der Waals surface area (Å²) in [6.45, 7) is 2.50. The van der Waals surface area contributed by atoms with Gasteiger partial charge in [0, 0.05) is 25.1 Å². The molecule has 1 aliphatic heterocycles. The summed E-state index contributed by atoms with van der Waals surface area (Å²) < 4.78 is 0. The van der Waals surface area contributed by atoms with Crippen molar-refractivity contribution in [3.8, 4) is 0 Å². The van der Waals surface area contributed by atoms with Crippen LogP contribution >= 0.6 is 0 Å². The minimum atomic E-state index is -0.500. The monoisotopic (exact) mass is 124 g/mol. The molecule has 0 amide bonds. The van der Waals surface area contributed by atoms with E-state index in [1.54, 1.807) is 6.92 Å². The van der Waals surface area contributed by atoms with Gasteiger partial charge < -0.3 is 5.11 Å². The Labute approximate surface area is 48.8 Å². The predicted octanol–water partition coefficient (Wildman–Crippen LogP) is -0.704. The van der Waals surface area contributed by atoms with Crippen LogP contribution in [0.4, 0.5) is 0 Å². The summed E-state index contributed by atoms with van der Waals surface area (Å²) in [4.78, 5) is 0. The normalized spacial score (nSPS) is 41.0. The van der Waals surface area contributed by atoms with Gasteiger partial charge in [0.2, 0.25) is 0 Å². The van der Waals surface area contributed by atoms with Crippen molar-refractivity contribution in [3.63, 3.8) is 0 Å². The second-order valence-electron chi connectivity index (χ2n) is 1.63. The molecule has 0 bridgehead atoms. The third-order valence-corrected chi connectivity index (χ3v) is 0.688. The van der Waals surface area contributed by atoms with Gasteiger partial charge in [-0.3, -0.25) is 5.32 Å². The fourth-order valence-electron chi connectivity index (χ4n) is 0.128. The molecule has 2 N–H and O–H groups in total. The molecule has 0 saturated carbocycles. The van der Waals surface area contributed by atoms with E-state index in [4.69, 9.17) is 5.11 Å². The maximum atomic E-state index is 8.52. The zero-order chi connectivity index (χ0) is 3.91. The average molecular weight is 124 g/mol. The quantitative estimate of drug-likeness (QED) is 0.419. The van der Waals surface area contributed by atoms with E-state index in [0.29, 0.717) is 0 Å². The third-order valence-electron chi connectivity index (χ3n) is 0.688. The summed E-state index contributed by atoms with van der Waals surface area (Å²) in [6, 6.07) is 0. The molecule has 1 aliphatic rings. The molecule has 0 aromatic heterocycles. The summed E-state index contributed by atoms with van der Waals surface area (Å²) in [6.07, 6.45) is 0. The van der Waals surface area contributed by atoms with Crippen LogP contribution < -0.4 is 5.32 Å². The largest absolute Gasteiger partial charge is 0.375 e. The Kier molecular flexibility index (Phi) is 1.67. The summed E-state index contributed by atoms with van der Waals surface area (Å²) in [5.74, 6) is 0. The van der Waals surface area contributed by atoms with Crippen molar-refractivity contribution >= 4 is 0 Å². The van der Waals surface area contributed by atoms with E-state index < -0.39 is 5.72 Å². The molecule has 2 nitrogen and oxygen atoms in total. The van der Waals surface area contributed by atoms with Crippen molar-refractivity contribution in [2.45, 2.75) is 12.6 Å². The van der Waals surface area contributed by atoms with Crippen LogP contribution in [0.5, 0.6) is 0 Å². The first-order valence-electron chi connectivity index (χ1n) is 1.68. The molecule has 1 heterocycles. The van der Waals surface area contributed by atoms with Gasteiger partial charge in [0.15, 0.2) is 0 Å². The van der Waals surface area contributed by atoms with E-state index in [9.17, 15) is 0 Å². The molecule has 0 aromatic carbocycles. The molecular formula is C3H7NOV. The number of rotatable bonds is 0. The second kappa shape index (κ2) is 1.54. The van der Waals surface area contributed by atoms with Crippen molar-refractivity contribution in [3.05, 3.63) is 0 Å². The van der Waals surface area contributed by atoms with Crippen molar-refractivity contribution in [2.75, 3.05) is 6.54 Å². The van der Waals surface area contributed by atoms with Crippen LogP contribution in [0.2, 0.25) is 0 Å². The number of hydrogen-bond donors (Lipinski definition) is 2. The molecule has 1 rings (SSSR count). The molecule has 0 spiro atoms. The van der Waals surface area contributed by atoms with Crippen LogP contribution in [0, 0.1) is 0 Å². The number of nitrogens with one attached hydrogen (secondary N) is 1. The summed E-state index contributed by atoms with van der Waals surface area (Å²) in [7, 11) is 0. The zero-order valence-electron chi connectivity index (χ0n) is 3.60. The standard InChI is InChI=1S/C3H7NO.V/c1-3(5)2-4-3;/h4-5H,2H2,1H3;. The molecule has 1 atom stereocenters. The fourth-order valence-corrected chi connectivity index (χ4v) is 0.128. The second-order valence-corrected chi connectivity index (χ2v) is 1.63. The Morgan fingerprint density at radius 2 is 2.00 bits per heavy atom. The molecule has 1 radical (unpaired) electrons. The van der Waals surface area contributed by atoms with Gasteiger partial charge in [-0.15, -0.1) is 0 Å². The first kappa shape index (κ1) is 6.50. The zero-order valence-corrected chi connectivity index (χ0v) is 5.00. The third kappa shape index (κ3) is 1.83. The van der Waals surface area contributed by atoms with E-state index in [1.165, 1.54) is 0 Å². The van der Waals surface area contributed by atoms with Gasteiger partial charge in [-0.1, -0.05) is 0 Å². The van der Waals surface area contributed by atoms with E-state index in [1.807, 2.05) is 0 Å². The molecular weight excluding hydrogens is 117 g/mol. The van der Waals surface area contributed by atoms with Gasteiger partial charge in [-0.2, -0.15) is 0 Å². The van der Waals surface area contributed by atoms with Crippen molar-refractivity contribution in [1.29, 1.82) is 0 Å². The molecule has 1 fully saturated rings. The van der Waals surface area contributed by atoms with E-state index in [0.717, 1.165) is 6.54 Å². The van der Waals surface area contributed by atoms with Crippen LogP contribution in [0.1, 0.15) is 6.92 Å². The van der Waals surface area contributed by atoms with Gasteiger partial charge in [-0.25, -0.2) is 0 Å². The molecule has 6 heavy (non-hydrogen) atoms. The van der Waals surface area contributed by atoms with Crippen molar-refractivity contribution < 1.29 is 23.7 Å². The van der Waals surface area contributed by atoms with Crippen LogP contribution in [-0.2, 0) is 18.6 Å². The molecule has 35 valence electrons. The smallest absolute Gasteiger partial charge is 0.125 e. The first-order valence-corrected chi connectivity index (χ1v) is 1.68. The minimum Gasteiger partial charge on any atom is -0.375 e. The van der Waals surface area contributed by atoms with E-state index in [-0.39, 0.29) is 18.6 Å². The Morgan fingerprint density at radius 1 is 1.83 bits per heavy atom. The first-order chi connectivity index (χ1) is 2.21. The SMILES string of the molecule is CC1(O)CN1.[V]. The summed E-state index contributed by atoms with van der Waals surface area (Å²) in [5, 5.41) is 11.2. The van der Waals surface area contributed by atoms with Crippen LogP contribution in [0.25, 0.3) is 0 Å². The minimum absolute atomic E-state index is 0. The van der Waals surface area contributed by atoms with Gasteiger partial charge in [0.05, 0.1) is 0 Å². The van der Waals surface area contributed by atoms with Crippen molar-refractivity contribution in [1.82, 2.24) is 5.32 Å². The van der Waals surface area contributed by atoms with Gasteiger partial charge in [-0.05, 0) is 6.92 Å². The van der Waals surface area contributed by atoms with E-state index >= 15 is 0 Å². The predicted molar refractivity (Wildman–Crippen MR) is 18.6 cm³/mol. The maximum Gasteiger partial charge on any atom is 0.125 e. The van der Waals surface area contributed by atoms with Crippen molar-refractivity contribution in [2.24, 2.45) is 0 Å². The molecule has 3 heteroatoms. The molecule has 0 aromatic rings. The summed E-state index contributed by atoms with van der Waals surface area (Å²) >= 11 is 0. The molecule has 0 aliphatic carbocycles. The fraction of sp³-hybridized carbons (Fsp3) is 1.00. The Bertz CT molecular complexity index is 48.8. The Morgan fingerprint density at radius 3 is 2.00 bits per heavy atom. The Hall–Kier alpha value is 0.504. The number of aliphatic hydroxyl groups is 1. The van der Waals surface area contributed by atoms with Gasteiger partial charge >= 0.3 is 0 Å². The number of hydrogen-bond acceptors (Lipinski definition) is 2. The average Bonchev–Trinajstić information content (AvgIpc) is 1.76. The maximum absolute atomic E-state index is 8.52. The van der Waals surface area contributed by atoms with Crippen LogP contribution in [0.15, 0.2) is 0 Å².